The van der Waals surface area contributed by atoms with E-state index < -0.39 is 0 Å². The molecule has 1 aliphatic carbocycles. The van der Waals surface area contributed by atoms with Gasteiger partial charge in [-0.2, -0.15) is 0 Å². The Hall–Kier alpha value is -1.22. The fraction of sp³-hybridized carbons (Fsp3) is 0.667. The summed E-state index contributed by atoms with van der Waals surface area (Å²) in [5.74, 6) is 2.46. The first-order valence-corrected chi connectivity index (χ1v) is 8.11. The third kappa shape index (κ3) is 4.37. The summed E-state index contributed by atoms with van der Waals surface area (Å²) in [5.41, 5.74) is 1.28. The second-order valence-electron chi connectivity index (χ2n) is 6.29. The molecule has 0 saturated heterocycles. The van der Waals surface area contributed by atoms with Crippen molar-refractivity contribution in [3.05, 3.63) is 23.8 Å². The van der Waals surface area contributed by atoms with E-state index in [1.54, 1.807) is 14.2 Å². The molecule has 0 spiro atoms. The average molecular weight is 291 g/mol. The van der Waals surface area contributed by atoms with Gasteiger partial charge < -0.3 is 14.8 Å². The van der Waals surface area contributed by atoms with Crippen LogP contribution >= 0.6 is 0 Å². The lowest BCUT2D eigenvalue weighted by atomic mass is 9.98. The molecule has 0 aromatic heterocycles. The van der Waals surface area contributed by atoms with Crippen molar-refractivity contribution in [3.8, 4) is 11.5 Å². The summed E-state index contributed by atoms with van der Waals surface area (Å²) in [6.07, 6.45) is 6.59. The molecule has 2 atom stereocenters. The first kappa shape index (κ1) is 16.2. The van der Waals surface area contributed by atoms with Crippen molar-refractivity contribution in [1.82, 2.24) is 5.32 Å². The van der Waals surface area contributed by atoms with Crippen LogP contribution in [0.3, 0.4) is 0 Å². The van der Waals surface area contributed by atoms with E-state index in [0.717, 1.165) is 23.8 Å². The second-order valence-corrected chi connectivity index (χ2v) is 6.29. The van der Waals surface area contributed by atoms with Crippen LogP contribution in [0.1, 0.15) is 45.1 Å². The summed E-state index contributed by atoms with van der Waals surface area (Å²) in [6, 6.07) is 7.28. The van der Waals surface area contributed by atoms with E-state index in [0.29, 0.717) is 12.1 Å². The lowest BCUT2D eigenvalue weighted by Crippen LogP contribution is -2.39. The van der Waals surface area contributed by atoms with Crippen molar-refractivity contribution in [2.45, 2.75) is 58.0 Å². The van der Waals surface area contributed by atoms with Gasteiger partial charge in [-0.25, -0.2) is 0 Å². The number of benzene rings is 1. The molecule has 3 nitrogen and oxygen atoms in total. The van der Waals surface area contributed by atoms with E-state index in [2.05, 4.69) is 31.3 Å². The lowest BCUT2D eigenvalue weighted by Gasteiger charge is -2.25. The second kappa shape index (κ2) is 7.69. The molecule has 0 bridgehead atoms. The molecule has 1 saturated carbocycles. The Labute approximate surface area is 129 Å². The molecule has 1 aliphatic rings. The first-order chi connectivity index (χ1) is 10.1. The third-order valence-corrected chi connectivity index (χ3v) is 4.64. The van der Waals surface area contributed by atoms with Crippen LogP contribution in [0.15, 0.2) is 18.2 Å². The van der Waals surface area contributed by atoms with Crippen LogP contribution in [-0.4, -0.2) is 26.3 Å². The van der Waals surface area contributed by atoms with Gasteiger partial charge >= 0.3 is 0 Å². The molecule has 1 fully saturated rings. The molecule has 118 valence electrons. The molecule has 1 aromatic carbocycles. The standard InChI is InChI=1S/C18H29NO2/c1-13(19-14(2)16-7-5-6-8-16)11-15-9-10-17(20-3)18(12-15)21-4/h9-10,12-14,16,19H,5-8,11H2,1-4H3/t13?,14-/m1/s1. The van der Waals surface area contributed by atoms with Crippen molar-refractivity contribution < 1.29 is 9.47 Å². The van der Waals surface area contributed by atoms with E-state index in [9.17, 15) is 0 Å². The normalized spacial score (nSPS) is 18.5. The largest absolute Gasteiger partial charge is 0.493 e. The monoisotopic (exact) mass is 291 g/mol. The van der Waals surface area contributed by atoms with Gasteiger partial charge in [0.1, 0.15) is 0 Å². The van der Waals surface area contributed by atoms with E-state index in [-0.39, 0.29) is 0 Å². The van der Waals surface area contributed by atoms with Crippen molar-refractivity contribution in [1.29, 1.82) is 0 Å². The predicted molar refractivity (Wildman–Crippen MR) is 87.3 cm³/mol. The van der Waals surface area contributed by atoms with Gasteiger partial charge in [0.15, 0.2) is 11.5 Å². The fourth-order valence-corrected chi connectivity index (χ4v) is 3.46. The molecular weight excluding hydrogens is 262 g/mol. The maximum Gasteiger partial charge on any atom is 0.160 e. The highest BCUT2D eigenvalue weighted by Crippen LogP contribution is 2.29. The maximum atomic E-state index is 5.38. The highest BCUT2D eigenvalue weighted by atomic mass is 16.5. The van der Waals surface area contributed by atoms with Crippen molar-refractivity contribution >= 4 is 0 Å². The topological polar surface area (TPSA) is 30.5 Å². The quantitative estimate of drug-likeness (QED) is 0.829. The summed E-state index contributed by atoms with van der Waals surface area (Å²) < 4.78 is 10.7. The molecule has 1 aromatic rings. The van der Waals surface area contributed by atoms with Gasteiger partial charge in [-0.1, -0.05) is 18.9 Å². The number of nitrogens with one attached hydrogen (secondary N) is 1. The summed E-state index contributed by atoms with van der Waals surface area (Å²) in [7, 11) is 3.36. The molecule has 0 radical (unpaired) electrons. The van der Waals surface area contributed by atoms with Gasteiger partial charge in [0, 0.05) is 12.1 Å². The smallest absolute Gasteiger partial charge is 0.160 e. The van der Waals surface area contributed by atoms with Crippen LogP contribution in [0.4, 0.5) is 0 Å². The van der Waals surface area contributed by atoms with Crippen LogP contribution in [-0.2, 0) is 6.42 Å². The Bertz CT molecular complexity index is 441. The van der Waals surface area contributed by atoms with Crippen LogP contribution in [0, 0.1) is 5.92 Å². The predicted octanol–water partition coefficient (Wildman–Crippen LogP) is 3.80. The molecule has 2 rings (SSSR count). The summed E-state index contributed by atoms with van der Waals surface area (Å²) >= 11 is 0. The third-order valence-electron chi connectivity index (χ3n) is 4.64. The highest BCUT2D eigenvalue weighted by Gasteiger charge is 2.22. The summed E-state index contributed by atoms with van der Waals surface area (Å²) in [5, 5.41) is 3.76. The number of hydrogen-bond acceptors (Lipinski definition) is 3. The van der Waals surface area contributed by atoms with Gasteiger partial charge in [0.2, 0.25) is 0 Å². The zero-order valence-corrected chi connectivity index (χ0v) is 13.8. The number of methoxy groups -OCH3 is 2. The van der Waals surface area contributed by atoms with Crippen molar-refractivity contribution in [2.24, 2.45) is 5.92 Å². The van der Waals surface area contributed by atoms with Gasteiger partial charge in [0.05, 0.1) is 14.2 Å². The molecule has 3 heteroatoms. The molecule has 1 unspecified atom stereocenters. The summed E-state index contributed by atoms with van der Waals surface area (Å²) in [6.45, 7) is 4.60. The van der Waals surface area contributed by atoms with Crippen molar-refractivity contribution in [3.63, 3.8) is 0 Å². The zero-order valence-electron chi connectivity index (χ0n) is 13.8. The minimum absolute atomic E-state index is 0.471. The van der Waals surface area contributed by atoms with E-state index in [1.165, 1.54) is 31.2 Å². The first-order valence-electron chi connectivity index (χ1n) is 8.11. The SMILES string of the molecule is COc1ccc(CC(C)N[C@H](C)C2CCCC2)cc1OC. The lowest BCUT2D eigenvalue weighted by molar-refractivity contribution is 0.345. The average Bonchev–Trinajstić information content (AvgIpc) is 3.01. The van der Waals surface area contributed by atoms with Gasteiger partial charge in [-0.3, -0.25) is 0 Å². The van der Waals surface area contributed by atoms with Crippen molar-refractivity contribution in [2.75, 3.05) is 14.2 Å². The van der Waals surface area contributed by atoms with Gasteiger partial charge in [0.25, 0.3) is 0 Å². The minimum atomic E-state index is 0.471. The summed E-state index contributed by atoms with van der Waals surface area (Å²) in [4.78, 5) is 0. The molecule has 0 aliphatic heterocycles. The maximum absolute atomic E-state index is 5.38. The van der Waals surface area contributed by atoms with Crippen LogP contribution < -0.4 is 14.8 Å². The molecule has 21 heavy (non-hydrogen) atoms. The Kier molecular flexibility index (Phi) is 5.92. The highest BCUT2D eigenvalue weighted by molar-refractivity contribution is 5.43. The van der Waals surface area contributed by atoms with E-state index in [4.69, 9.17) is 9.47 Å². The molecular formula is C18H29NO2. The Morgan fingerprint density at radius 2 is 1.76 bits per heavy atom. The van der Waals surface area contributed by atoms with Crippen LogP contribution in [0.2, 0.25) is 0 Å². The van der Waals surface area contributed by atoms with E-state index in [1.807, 2.05) is 6.07 Å². The molecule has 1 N–H and O–H groups in total. The van der Waals surface area contributed by atoms with Crippen LogP contribution in [0.5, 0.6) is 11.5 Å². The number of ether oxygens (including phenoxy) is 2. The fourth-order valence-electron chi connectivity index (χ4n) is 3.46. The Morgan fingerprint density at radius 1 is 1.10 bits per heavy atom. The minimum Gasteiger partial charge on any atom is -0.493 e. The van der Waals surface area contributed by atoms with Crippen LogP contribution in [0.25, 0.3) is 0 Å². The number of hydrogen-bond donors (Lipinski definition) is 1. The number of rotatable bonds is 7. The van der Waals surface area contributed by atoms with Gasteiger partial charge in [-0.15, -0.1) is 0 Å². The molecule has 0 amide bonds. The molecule has 0 heterocycles. The Morgan fingerprint density at radius 3 is 2.38 bits per heavy atom. The Balaban J connectivity index is 1.91. The van der Waals surface area contributed by atoms with Gasteiger partial charge in [-0.05, 0) is 56.7 Å². The van der Waals surface area contributed by atoms with E-state index >= 15 is 0 Å². The zero-order chi connectivity index (χ0) is 15.2.